The van der Waals surface area contributed by atoms with Crippen LogP contribution in [0.3, 0.4) is 0 Å². The fourth-order valence-electron chi connectivity index (χ4n) is 1.82. The van der Waals surface area contributed by atoms with Crippen LogP contribution in [-0.2, 0) is 4.79 Å². The number of hydrogen-bond donors (Lipinski definition) is 1. The number of amides is 1. The molecule has 1 N–H and O–H groups in total. The third-order valence-corrected chi connectivity index (χ3v) is 2.73. The summed E-state index contributed by atoms with van der Waals surface area (Å²) in [5.41, 5.74) is -1.65. The molecule has 1 saturated heterocycles. The normalized spacial score (nSPS) is 25.1. The van der Waals surface area contributed by atoms with Crippen molar-refractivity contribution in [1.82, 2.24) is 9.96 Å². The zero-order valence-corrected chi connectivity index (χ0v) is 9.03. The van der Waals surface area contributed by atoms with E-state index in [0.29, 0.717) is 0 Å². The Morgan fingerprint density at radius 2 is 1.93 bits per heavy atom. The van der Waals surface area contributed by atoms with Crippen LogP contribution < -0.4 is 0 Å². The van der Waals surface area contributed by atoms with Gasteiger partial charge in [0, 0.05) is 0 Å². The highest BCUT2D eigenvalue weighted by Crippen LogP contribution is 2.35. The highest BCUT2D eigenvalue weighted by molar-refractivity contribution is 5.88. The minimum absolute atomic E-state index is 0.150. The van der Waals surface area contributed by atoms with Gasteiger partial charge in [0.1, 0.15) is 11.2 Å². The Morgan fingerprint density at radius 1 is 1.43 bits per heavy atom. The molecular weight excluding hydrogens is 180 g/mol. The predicted molar refractivity (Wildman–Crippen MR) is 52.3 cm³/mol. The van der Waals surface area contributed by atoms with E-state index in [1.165, 1.54) is 4.90 Å². The fourth-order valence-corrected chi connectivity index (χ4v) is 1.82. The third-order valence-electron chi connectivity index (χ3n) is 2.73. The molecular formula is C10H16N2O2. The minimum Gasteiger partial charge on any atom is -0.311 e. The third kappa shape index (κ3) is 1.21. The highest BCUT2D eigenvalue weighted by atomic mass is 16.5. The number of hydroxylamine groups is 2. The number of nitrogens with zero attached hydrogens (tertiary/aromatic N) is 2. The van der Waals surface area contributed by atoms with Crippen LogP contribution in [-0.4, -0.2) is 38.8 Å². The second kappa shape index (κ2) is 2.97. The summed E-state index contributed by atoms with van der Waals surface area (Å²) in [5, 5.41) is 10.9. The van der Waals surface area contributed by atoms with E-state index in [4.69, 9.17) is 6.42 Å². The SMILES string of the molecule is C#CCN1C(=O)C(C)(C)N(O)C1(C)C. The molecule has 1 heterocycles. The smallest absolute Gasteiger partial charge is 0.247 e. The van der Waals surface area contributed by atoms with Gasteiger partial charge in [0.2, 0.25) is 5.91 Å². The fraction of sp³-hybridized carbons (Fsp3) is 0.700. The summed E-state index contributed by atoms with van der Waals surface area (Å²) in [4.78, 5) is 13.4. The highest BCUT2D eigenvalue weighted by Gasteiger charge is 2.56. The van der Waals surface area contributed by atoms with E-state index in [1.54, 1.807) is 27.7 Å². The van der Waals surface area contributed by atoms with Crippen molar-refractivity contribution in [2.75, 3.05) is 6.54 Å². The first-order chi connectivity index (χ1) is 6.26. The summed E-state index contributed by atoms with van der Waals surface area (Å²) in [7, 11) is 0. The van der Waals surface area contributed by atoms with Gasteiger partial charge in [0.25, 0.3) is 0 Å². The quantitative estimate of drug-likeness (QED) is 0.627. The molecule has 0 bridgehead atoms. The molecule has 0 aromatic carbocycles. The number of hydrogen-bond acceptors (Lipinski definition) is 3. The van der Waals surface area contributed by atoms with Gasteiger partial charge in [-0.05, 0) is 27.7 Å². The number of terminal acetylenes is 1. The van der Waals surface area contributed by atoms with Crippen LogP contribution in [0.2, 0.25) is 0 Å². The Hall–Kier alpha value is -1.05. The Labute approximate surface area is 84.4 Å². The molecule has 14 heavy (non-hydrogen) atoms. The average molecular weight is 196 g/mol. The summed E-state index contributed by atoms with van der Waals surface area (Å²) >= 11 is 0. The van der Waals surface area contributed by atoms with Crippen LogP contribution in [0, 0.1) is 12.3 Å². The molecule has 1 aliphatic rings. The van der Waals surface area contributed by atoms with E-state index in [0.717, 1.165) is 5.06 Å². The van der Waals surface area contributed by atoms with E-state index in [-0.39, 0.29) is 12.5 Å². The van der Waals surface area contributed by atoms with Gasteiger partial charge in [0.05, 0.1) is 6.54 Å². The average Bonchev–Trinajstić information content (AvgIpc) is 2.19. The van der Waals surface area contributed by atoms with Crippen molar-refractivity contribution in [2.24, 2.45) is 0 Å². The molecule has 0 aromatic rings. The number of carbonyl (C=O) groups excluding carboxylic acids is 1. The molecule has 4 heteroatoms. The van der Waals surface area contributed by atoms with Gasteiger partial charge >= 0.3 is 0 Å². The van der Waals surface area contributed by atoms with Crippen LogP contribution in [0.5, 0.6) is 0 Å². The Morgan fingerprint density at radius 3 is 2.21 bits per heavy atom. The second-order valence-electron chi connectivity index (χ2n) is 4.46. The maximum Gasteiger partial charge on any atom is 0.247 e. The van der Waals surface area contributed by atoms with Gasteiger partial charge in [-0.15, -0.1) is 6.42 Å². The molecule has 0 aliphatic carbocycles. The summed E-state index contributed by atoms with van der Waals surface area (Å²) in [6.07, 6.45) is 5.18. The van der Waals surface area contributed by atoms with Crippen LogP contribution in [0.1, 0.15) is 27.7 Å². The molecule has 0 unspecified atom stereocenters. The second-order valence-corrected chi connectivity index (χ2v) is 4.46. The first kappa shape index (κ1) is 11.0. The van der Waals surface area contributed by atoms with Gasteiger partial charge < -0.3 is 10.1 Å². The van der Waals surface area contributed by atoms with Gasteiger partial charge in [-0.25, -0.2) is 0 Å². The van der Waals surface area contributed by atoms with Crippen molar-refractivity contribution in [3.05, 3.63) is 0 Å². The maximum atomic E-state index is 11.9. The predicted octanol–water partition coefficient (Wildman–Crippen LogP) is 0.668. The molecule has 0 atom stereocenters. The minimum atomic E-state index is -0.902. The van der Waals surface area contributed by atoms with Crippen LogP contribution >= 0.6 is 0 Å². The molecule has 0 spiro atoms. The van der Waals surface area contributed by atoms with Crippen LogP contribution in [0.25, 0.3) is 0 Å². The van der Waals surface area contributed by atoms with Crippen LogP contribution in [0.15, 0.2) is 0 Å². The van der Waals surface area contributed by atoms with Gasteiger partial charge in [0.15, 0.2) is 0 Å². The first-order valence-electron chi connectivity index (χ1n) is 4.51. The zero-order valence-electron chi connectivity index (χ0n) is 9.03. The molecule has 1 rings (SSSR count). The van der Waals surface area contributed by atoms with E-state index in [2.05, 4.69) is 5.92 Å². The standard InChI is InChI=1S/C10H16N2O2/c1-6-7-11-8(13)9(2,3)12(14)10(11,4)5/h1,14H,7H2,2-5H3. The lowest BCUT2D eigenvalue weighted by atomic mass is 10.1. The van der Waals surface area contributed by atoms with Crippen molar-refractivity contribution in [3.63, 3.8) is 0 Å². The van der Waals surface area contributed by atoms with Crippen molar-refractivity contribution < 1.29 is 10.0 Å². The van der Waals surface area contributed by atoms with Crippen molar-refractivity contribution in [1.29, 1.82) is 0 Å². The van der Waals surface area contributed by atoms with Crippen LogP contribution in [0.4, 0.5) is 0 Å². The summed E-state index contributed by atoms with van der Waals surface area (Å²) in [5.74, 6) is 2.27. The van der Waals surface area contributed by atoms with E-state index < -0.39 is 11.2 Å². The zero-order chi connectivity index (χ0) is 11.1. The maximum absolute atomic E-state index is 11.9. The van der Waals surface area contributed by atoms with Gasteiger partial charge in [-0.2, -0.15) is 5.06 Å². The Balaban J connectivity index is 3.11. The molecule has 1 fully saturated rings. The lowest BCUT2D eigenvalue weighted by Crippen LogP contribution is -2.50. The lowest BCUT2D eigenvalue weighted by Gasteiger charge is -2.34. The molecule has 1 amide bonds. The van der Waals surface area contributed by atoms with Crippen molar-refractivity contribution >= 4 is 5.91 Å². The summed E-state index contributed by atoms with van der Waals surface area (Å²) in [6, 6.07) is 0. The molecule has 78 valence electrons. The molecule has 0 aromatic heterocycles. The molecule has 1 aliphatic heterocycles. The first-order valence-corrected chi connectivity index (χ1v) is 4.51. The van der Waals surface area contributed by atoms with Crippen molar-refractivity contribution in [3.8, 4) is 12.3 Å². The molecule has 0 radical (unpaired) electrons. The van der Waals surface area contributed by atoms with E-state index in [9.17, 15) is 10.0 Å². The largest absolute Gasteiger partial charge is 0.311 e. The summed E-state index contributed by atoms with van der Waals surface area (Å²) < 4.78 is 0. The van der Waals surface area contributed by atoms with Crippen molar-refractivity contribution in [2.45, 2.75) is 38.9 Å². The Bertz CT molecular complexity index is 302. The summed E-state index contributed by atoms with van der Waals surface area (Å²) in [6.45, 7) is 7.08. The number of rotatable bonds is 1. The number of carbonyl (C=O) groups is 1. The topological polar surface area (TPSA) is 43.8 Å². The Kier molecular flexibility index (Phi) is 2.34. The van der Waals surface area contributed by atoms with Gasteiger partial charge in [-0.1, -0.05) is 5.92 Å². The lowest BCUT2D eigenvalue weighted by molar-refractivity contribution is -0.208. The van der Waals surface area contributed by atoms with Gasteiger partial charge in [-0.3, -0.25) is 4.79 Å². The van der Waals surface area contributed by atoms with E-state index in [1.807, 2.05) is 0 Å². The molecule has 4 nitrogen and oxygen atoms in total. The van der Waals surface area contributed by atoms with E-state index >= 15 is 0 Å². The monoisotopic (exact) mass is 196 g/mol. The molecule has 0 saturated carbocycles.